The number of hydrogen-bond donors (Lipinski definition) is 3. The van der Waals surface area contributed by atoms with E-state index >= 15 is 0 Å². The molecule has 0 spiro atoms. The zero-order chi connectivity index (χ0) is 17.5. The van der Waals surface area contributed by atoms with Crippen molar-refractivity contribution in [1.29, 1.82) is 0 Å². The van der Waals surface area contributed by atoms with Crippen LogP contribution in [0.2, 0.25) is 0 Å². The second kappa shape index (κ2) is 8.68. The van der Waals surface area contributed by atoms with E-state index in [1.54, 1.807) is 12.1 Å². The van der Waals surface area contributed by atoms with Crippen molar-refractivity contribution in [1.82, 2.24) is 10.2 Å². The first-order valence-electron chi connectivity index (χ1n) is 8.57. The van der Waals surface area contributed by atoms with Gasteiger partial charge in [0.15, 0.2) is 0 Å². The molecule has 0 bridgehead atoms. The molecule has 0 radical (unpaired) electrons. The Morgan fingerprint density at radius 3 is 2.83 bits per heavy atom. The fourth-order valence-electron chi connectivity index (χ4n) is 2.94. The molecule has 1 aliphatic rings. The summed E-state index contributed by atoms with van der Waals surface area (Å²) in [7, 11) is 0. The highest BCUT2D eigenvalue weighted by atomic mass is 16.3. The van der Waals surface area contributed by atoms with E-state index in [1.807, 2.05) is 17.9 Å². The maximum atomic E-state index is 12.6. The Kier molecular flexibility index (Phi) is 6.61. The first-order chi connectivity index (χ1) is 11.5. The first-order valence-corrected chi connectivity index (χ1v) is 8.57. The van der Waals surface area contributed by atoms with Crippen LogP contribution in [0.3, 0.4) is 0 Å². The summed E-state index contributed by atoms with van der Waals surface area (Å²) in [6.45, 7) is 6.14. The number of nitrogens with one attached hydrogen (secondary N) is 2. The summed E-state index contributed by atoms with van der Waals surface area (Å²) in [6.07, 6.45) is 2.75. The number of hydrogen-bond acceptors (Lipinski definition) is 3. The zero-order valence-corrected chi connectivity index (χ0v) is 14.5. The second-order valence-corrected chi connectivity index (χ2v) is 6.49. The van der Waals surface area contributed by atoms with Crippen molar-refractivity contribution in [3.63, 3.8) is 0 Å². The number of aliphatic hydroxyl groups excluding tert-OH is 1. The van der Waals surface area contributed by atoms with Crippen molar-refractivity contribution in [2.24, 2.45) is 5.92 Å². The van der Waals surface area contributed by atoms with Gasteiger partial charge < -0.3 is 20.6 Å². The lowest BCUT2D eigenvalue weighted by Gasteiger charge is -2.31. The lowest BCUT2D eigenvalue weighted by molar-refractivity contribution is 0.0683. The van der Waals surface area contributed by atoms with E-state index < -0.39 is 0 Å². The number of nitrogens with zero attached hydrogens (tertiary/aromatic N) is 1. The molecular formula is C18H27N3O3. The molecule has 132 valence electrons. The summed E-state index contributed by atoms with van der Waals surface area (Å²) in [4.78, 5) is 26.3. The third kappa shape index (κ3) is 4.96. The molecule has 24 heavy (non-hydrogen) atoms. The maximum Gasteiger partial charge on any atom is 0.319 e. The van der Waals surface area contributed by atoms with Gasteiger partial charge in [-0.1, -0.05) is 6.92 Å². The van der Waals surface area contributed by atoms with Gasteiger partial charge in [0.25, 0.3) is 5.91 Å². The molecule has 3 N–H and O–H groups in total. The van der Waals surface area contributed by atoms with E-state index in [4.69, 9.17) is 5.11 Å². The van der Waals surface area contributed by atoms with E-state index in [0.717, 1.165) is 25.1 Å². The quantitative estimate of drug-likeness (QED) is 0.724. The van der Waals surface area contributed by atoms with Crippen molar-refractivity contribution in [2.75, 3.05) is 31.6 Å². The molecule has 6 heteroatoms. The Morgan fingerprint density at radius 2 is 2.17 bits per heavy atom. The highest BCUT2D eigenvalue weighted by molar-refractivity contribution is 5.96. The van der Waals surface area contributed by atoms with Gasteiger partial charge in [0, 0.05) is 37.5 Å². The Balaban J connectivity index is 1.98. The molecule has 1 unspecified atom stereocenters. The predicted molar refractivity (Wildman–Crippen MR) is 94.2 cm³/mol. The number of carbonyl (C=O) groups is 2. The molecule has 1 aliphatic heterocycles. The minimum atomic E-state index is -0.310. The monoisotopic (exact) mass is 333 g/mol. The van der Waals surface area contributed by atoms with Crippen LogP contribution in [0.1, 0.15) is 42.1 Å². The standard InChI is InChI=1S/C18H27N3O3/c1-13-5-3-9-21(12-13)17(23)15-6-7-16(14(2)11-15)20-18(24)19-8-4-10-22/h6-7,11,13,22H,3-5,8-10,12H2,1-2H3,(H2,19,20,24). The smallest absolute Gasteiger partial charge is 0.319 e. The molecule has 1 fully saturated rings. The molecule has 3 amide bonds. The molecule has 1 aromatic carbocycles. The van der Waals surface area contributed by atoms with E-state index in [9.17, 15) is 9.59 Å². The fraction of sp³-hybridized carbons (Fsp3) is 0.556. The number of aliphatic hydroxyl groups is 1. The summed E-state index contributed by atoms with van der Waals surface area (Å²) < 4.78 is 0. The largest absolute Gasteiger partial charge is 0.396 e. The molecule has 1 saturated heterocycles. The van der Waals surface area contributed by atoms with Crippen LogP contribution in [0, 0.1) is 12.8 Å². The van der Waals surface area contributed by atoms with Crippen molar-refractivity contribution in [3.8, 4) is 0 Å². The average molecular weight is 333 g/mol. The van der Waals surface area contributed by atoms with E-state index in [1.165, 1.54) is 6.42 Å². The maximum absolute atomic E-state index is 12.6. The molecule has 0 saturated carbocycles. The van der Waals surface area contributed by atoms with Crippen molar-refractivity contribution in [2.45, 2.75) is 33.1 Å². The number of amides is 3. The molecule has 6 nitrogen and oxygen atoms in total. The summed E-state index contributed by atoms with van der Waals surface area (Å²) in [5.41, 5.74) is 2.19. The third-order valence-electron chi connectivity index (χ3n) is 4.29. The third-order valence-corrected chi connectivity index (χ3v) is 4.29. The van der Waals surface area contributed by atoms with E-state index in [0.29, 0.717) is 30.1 Å². The molecule has 0 aromatic heterocycles. The summed E-state index contributed by atoms with van der Waals surface area (Å²) in [5.74, 6) is 0.607. The molecular weight excluding hydrogens is 306 g/mol. The number of likely N-dealkylation sites (tertiary alicyclic amines) is 1. The zero-order valence-electron chi connectivity index (χ0n) is 14.5. The van der Waals surface area contributed by atoms with Crippen LogP contribution in [0.4, 0.5) is 10.5 Å². The predicted octanol–water partition coefficient (Wildman–Crippen LogP) is 2.37. The number of anilines is 1. The SMILES string of the molecule is Cc1cc(C(=O)N2CCCC(C)C2)ccc1NC(=O)NCCCO. The Bertz CT molecular complexity index is 589. The summed E-state index contributed by atoms with van der Waals surface area (Å²) in [6, 6.07) is 5.04. The van der Waals surface area contributed by atoms with Crippen molar-refractivity contribution >= 4 is 17.6 Å². The number of aryl methyl sites for hydroxylation is 1. The Morgan fingerprint density at radius 1 is 1.38 bits per heavy atom. The number of piperidine rings is 1. The second-order valence-electron chi connectivity index (χ2n) is 6.49. The van der Waals surface area contributed by atoms with Crippen LogP contribution in [0.5, 0.6) is 0 Å². The van der Waals surface area contributed by atoms with Crippen LogP contribution in [0.25, 0.3) is 0 Å². The van der Waals surface area contributed by atoms with Gasteiger partial charge in [0.2, 0.25) is 0 Å². The molecule has 1 heterocycles. The van der Waals surface area contributed by atoms with E-state index in [-0.39, 0.29) is 18.5 Å². The number of rotatable bonds is 5. The number of benzene rings is 1. The number of urea groups is 1. The van der Waals surface area contributed by atoms with Gasteiger partial charge in [0.05, 0.1) is 0 Å². The molecule has 2 rings (SSSR count). The van der Waals surface area contributed by atoms with Gasteiger partial charge in [-0.15, -0.1) is 0 Å². The van der Waals surface area contributed by atoms with Gasteiger partial charge in [-0.3, -0.25) is 4.79 Å². The highest BCUT2D eigenvalue weighted by Crippen LogP contribution is 2.21. The fourth-order valence-corrected chi connectivity index (χ4v) is 2.94. The normalized spacial score (nSPS) is 17.5. The lowest BCUT2D eigenvalue weighted by Crippen LogP contribution is -2.39. The van der Waals surface area contributed by atoms with Gasteiger partial charge in [-0.2, -0.15) is 0 Å². The van der Waals surface area contributed by atoms with Gasteiger partial charge in [-0.05, 0) is 55.9 Å². The minimum Gasteiger partial charge on any atom is -0.396 e. The van der Waals surface area contributed by atoms with E-state index in [2.05, 4.69) is 17.6 Å². The Labute approximate surface area is 143 Å². The summed E-state index contributed by atoms with van der Waals surface area (Å²) in [5, 5.41) is 14.1. The molecule has 1 aromatic rings. The van der Waals surface area contributed by atoms with Crippen LogP contribution in [-0.2, 0) is 0 Å². The van der Waals surface area contributed by atoms with Crippen LogP contribution < -0.4 is 10.6 Å². The number of carbonyl (C=O) groups excluding carboxylic acids is 2. The van der Waals surface area contributed by atoms with Gasteiger partial charge >= 0.3 is 6.03 Å². The van der Waals surface area contributed by atoms with Crippen LogP contribution >= 0.6 is 0 Å². The van der Waals surface area contributed by atoms with Crippen molar-refractivity contribution in [3.05, 3.63) is 29.3 Å². The average Bonchev–Trinajstić information content (AvgIpc) is 2.56. The van der Waals surface area contributed by atoms with Gasteiger partial charge in [-0.25, -0.2) is 4.79 Å². The molecule has 0 aliphatic carbocycles. The lowest BCUT2D eigenvalue weighted by atomic mass is 9.99. The Hall–Kier alpha value is -2.08. The highest BCUT2D eigenvalue weighted by Gasteiger charge is 2.22. The van der Waals surface area contributed by atoms with Crippen molar-refractivity contribution < 1.29 is 14.7 Å². The minimum absolute atomic E-state index is 0.0469. The van der Waals surface area contributed by atoms with Crippen LogP contribution in [-0.4, -0.2) is 48.2 Å². The molecule has 1 atom stereocenters. The summed E-state index contributed by atoms with van der Waals surface area (Å²) >= 11 is 0. The first kappa shape index (κ1) is 18.3. The van der Waals surface area contributed by atoms with Gasteiger partial charge in [0.1, 0.15) is 0 Å². The van der Waals surface area contributed by atoms with Crippen LogP contribution in [0.15, 0.2) is 18.2 Å². The topological polar surface area (TPSA) is 81.7 Å².